The van der Waals surface area contributed by atoms with E-state index in [1.165, 1.54) is 11.3 Å². The summed E-state index contributed by atoms with van der Waals surface area (Å²) in [6.45, 7) is 4.67. The van der Waals surface area contributed by atoms with Gasteiger partial charge in [0.15, 0.2) is 0 Å². The first-order chi connectivity index (χ1) is 17.1. The van der Waals surface area contributed by atoms with Gasteiger partial charge in [0.05, 0.1) is 19.2 Å². The lowest BCUT2D eigenvalue weighted by molar-refractivity contribution is -0.135. The Morgan fingerprint density at radius 3 is 2.63 bits per heavy atom. The van der Waals surface area contributed by atoms with Gasteiger partial charge in [-0.2, -0.15) is 5.10 Å². The predicted octanol–water partition coefficient (Wildman–Crippen LogP) is 3.42. The van der Waals surface area contributed by atoms with Crippen LogP contribution in [0.1, 0.15) is 55.7 Å². The first kappa shape index (κ1) is 27.2. The number of amides is 1. The number of H-pyrrole nitrogens is 1. The summed E-state index contributed by atoms with van der Waals surface area (Å²) in [6.07, 6.45) is 7.37. The van der Waals surface area contributed by atoms with E-state index in [4.69, 9.17) is 9.47 Å². The zero-order valence-electron chi connectivity index (χ0n) is 21.7. The standard InChI is InChI=1S/C27H43N5O3/c1-28-15-17-31(2)21-23-20-29-30-27(23)22-10-12-24(13-11-22)32(16-7-18-34-3)26(33)14-19-35-25-8-5-4-6-9-25/h4-6,8-9,20,22,24,28H,7,10-19,21H2,1-3H3,(H,29,30). The first-order valence-corrected chi connectivity index (χ1v) is 12.9. The number of likely N-dealkylation sites (N-methyl/N-ethyl adjacent to an activating group) is 2. The van der Waals surface area contributed by atoms with Gasteiger partial charge in [0.1, 0.15) is 5.75 Å². The zero-order chi connectivity index (χ0) is 24.9. The number of aromatic amines is 1. The van der Waals surface area contributed by atoms with Crippen molar-refractivity contribution in [3.05, 3.63) is 47.8 Å². The summed E-state index contributed by atoms with van der Waals surface area (Å²) < 4.78 is 11.0. The predicted molar refractivity (Wildman–Crippen MR) is 139 cm³/mol. The quantitative estimate of drug-likeness (QED) is 0.376. The van der Waals surface area contributed by atoms with Crippen LogP contribution in [0.15, 0.2) is 36.5 Å². The third kappa shape index (κ3) is 8.63. The fourth-order valence-corrected chi connectivity index (χ4v) is 4.96. The van der Waals surface area contributed by atoms with Gasteiger partial charge in [-0.15, -0.1) is 0 Å². The maximum atomic E-state index is 13.2. The van der Waals surface area contributed by atoms with Gasteiger partial charge in [0, 0.05) is 63.1 Å². The van der Waals surface area contributed by atoms with Crippen LogP contribution in [0.4, 0.5) is 0 Å². The van der Waals surface area contributed by atoms with Crippen molar-refractivity contribution in [1.82, 2.24) is 25.3 Å². The molecule has 35 heavy (non-hydrogen) atoms. The van der Waals surface area contributed by atoms with Crippen LogP contribution in [0, 0.1) is 0 Å². The fourth-order valence-electron chi connectivity index (χ4n) is 4.96. The minimum Gasteiger partial charge on any atom is -0.493 e. The lowest BCUT2D eigenvalue weighted by atomic mass is 9.82. The molecule has 1 heterocycles. The van der Waals surface area contributed by atoms with Crippen LogP contribution in [0.2, 0.25) is 0 Å². The van der Waals surface area contributed by atoms with Gasteiger partial charge in [-0.25, -0.2) is 0 Å². The first-order valence-electron chi connectivity index (χ1n) is 12.9. The summed E-state index contributed by atoms with van der Waals surface area (Å²) in [6, 6.07) is 9.96. The zero-order valence-corrected chi connectivity index (χ0v) is 21.7. The molecule has 0 saturated heterocycles. The Hall–Kier alpha value is -2.42. The average molecular weight is 486 g/mol. The summed E-state index contributed by atoms with van der Waals surface area (Å²) in [5.74, 6) is 1.45. The highest BCUT2D eigenvalue weighted by atomic mass is 16.5. The maximum Gasteiger partial charge on any atom is 0.226 e. The molecule has 3 rings (SSSR count). The number of nitrogens with one attached hydrogen (secondary N) is 2. The summed E-state index contributed by atoms with van der Waals surface area (Å²) in [7, 11) is 5.84. The molecule has 1 fully saturated rings. The molecule has 1 saturated carbocycles. The van der Waals surface area contributed by atoms with Gasteiger partial charge in [-0.3, -0.25) is 9.89 Å². The van der Waals surface area contributed by atoms with E-state index in [2.05, 4.69) is 32.4 Å². The highest BCUT2D eigenvalue weighted by Crippen LogP contribution is 2.36. The van der Waals surface area contributed by atoms with Crippen LogP contribution < -0.4 is 10.1 Å². The van der Waals surface area contributed by atoms with Crippen LogP contribution in [0.3, 0.4) is 0 Å². The van der Waals surface area contributed by atoms with Crippen LogP contribution in [-0.2, 0) is 16.1 Å². The van der Waals surface area contributed by atoms with E-state index in [0.717, 1.165) is 64.0 Å². The van der Waals surface area contributed by atoms with Crippen LogP contribution >= 0.6 is 0 Å². The Kier molecular flexibility index (Phi) is 11.5. The molecular formula is C27H43N5O3. The van der Waals surface area contributed by atoms with Crippen molar-refractivity contribution in [3.63, 3.8) is 0 Å². The van der Waals surface area contributed by atoms with Gasteiger partial charge >= 0.3 is 0 Å². The SMILES string of the molecule is CNCCN(C)Cc1cn[nH]c1C1CCC(N(CCCOC)C(=O)CCOc2ccccc2)CC1. The van der Waals surface area contributed by atoms with Crippen LogP contribution in [0.25, 0.3) is 0 Å². The third-order valence-corrected chi connectivity index (χ3v) is 6.88. The number of carbonyl (C=O) groups is 1. The summed E-state index contributed by atoms with van der Waals surface area (Å²) in [5, 5.41) is 10.9. The van der Waals surface area contributed by atoms with Crippen molar-refractivity contribution in [2.75, 3.05) is 54.1 Å². The van der Waals surface area contributed by atoms with Crippen molar-refractivity contribution in [2.45, 2.75) is 57.0 Å². The molecule has 1 aromatic heterocycles. The average Bonchev–Trinajstić information content (AvgIpc) is 3.34. The molecule has 0 atom stereocenters. The van der Waals surface area contributed by atoms with Crippen molar-refractivity contribution in [3.8, 4) is 5.75 Å². The Morgan fingerprint density at radius 2 is 1.91 bits per heavy atom. The molecule has 1 amide bonds. The number of hydrogen-bond donors (Lipinski definition) is 2. The second kappa shape index (κ2) is 14.9. The number of methoxy groups -OCH3 is 1. The van der Waals surface area contributed by atoms with Gasteiger partial charge in [-0.1, -0.05) is 18.2 Å². The van der Waals surface area contributed by atoms with Gasteiger partial charge in [0.2, 0.25) is 5.91 Å². The molecule has 2 N–H and O–H groups in total. The molecule has 1 aliphatic rings. The fraction of sp³-hybridized carbons (Fsp3) is 0.630. The van der Waals surface area contributed by atoms with E-state index in [0.29, 0.717) is 25.6 Å². The molecule has 0 radical (unpaired) electrons. The smallest absolute Gasteiger partial charge is 0.226 e. The molecule has 1 aromatic carbocycles. The minimum absolute atomic E-state index is 0.175. The van der Waals surface area contributed by atoms with Crippen molar-refractivity contribution >= 4 is 5.91 Å². The van der Waals surface area contributed by atoms with E-state index < -0.39 is 0 Å². The molecule has 2 aromatic rings. The third-order valence-electron chi connectivity index (χ3n) is 6.88. The molecule has 194 valence electrons. The number of para-hydroxylation sites is 1. The summed E-state index contributed by atoms with van der Waals surface area (Å²) in [5.41, 5.74) is 2.56. The lowest BCUT2D eigenvalue weighted by Gasteiger charge is -2.37. The van der Waals surface area contributed by atoms with Gasteiger partial charge < -0.3 is 24.6 Å². The van der Waals surface area contributed by atoms with Gasteiger partial charge in [-0.05, 0) is 58.3 Å². The number of nitrogens with zero attached hydrogens (tertiary/aromatic N) is 3. The highest BCUT2D eigenvalue weighted by Gasteiger charge is 2.30. The van der Waals surface area contributed by atoms with Crippen molar-refractivity contribution in [2.24, 2.45) is 0 Å². The number of benzene rings is 1. The monoisotopic (exact) mass is 485 g/mol. The molecule has 0 spiro atoms. The Bertz CT molecular complexity index is 852. The minimum atomic E-state index is 0.175. The lowest BCUT2D eigenvalue weighted by Crippen LogP contribution is -2.43. The molecule has 0 aliphatic heterocycles. The molecule has 8 nitrogen and oxygen atoms in total. The van der Waals surface area contributed by atoms with E-state index in [1.54, 1.807) is 7.11 Å². The van der Waals surface area contributed by atoms with Crippen LogP contribution in [0.5, 0.6) is 5.75 Å². The Labute approximate surface area is 210 Å². The van der Waals surface area contributed by atoms with Crippen LogP contribution in [-0.4, -0.2) is 86.0 Å². The highest BCUT2D eigenvalue weighted by molar-refractivity contribution is 5.76. The Balaban J connectivity index is 1.53. The maximum absolute atomic E-state index is 13.2. The second-order valence-electron chi connectivity index (χ2n) is 9.50. The topological polar surface area (TPSA) is 82.7 Å². The number of hydrogen-bond acceptors (Lipinski definition) is 6. The molecule has 8 heteroatoms. The molecule has 1 aliphatic carbocycles. The Morgan fingerprint density at radius 1 is 1.14 bits per heavy atom. The van der Waals surface area contributed by atoms with E-state index in [1.807, 2.05) is 43.6 Å². The van der Waals surface area contributed by atoms with E-state index >= 15 is 0 Å². The van der Waals surface area contributed by atoms with E-state index in [9.17, 15) is 4.79 Å². The van der Waals surface area contributed by atoms with E-state index in [-0.39, 0.29) is 11.9 Å². The normalized spacial score (nSPS) is 18.1. The number of rotatable bonds is 15. The number of ether oxygens (including phenoxy) is 2. The molecular weight excluding hydrogens is 442 g/mol. The summed E-state index contributed by atoms with van der Waals surface area (Å²) >= 11 is 0. The van der Waals surface area contributed by atoms with Crippen molar-refractivity contribution < 1.29 is 14.3 Å². The summed E-state index contributed by atoms with van der Waals surface area (Å²) in [4.78, 5) is 17.6. The molecule has 0 bridgehead atoms. The van der Waals surface area contributed by atoms with Gasteiger partial charge in [0.25, 0.3) is 0 Å². The molecule has 0 unspecified atom stereocenters. The number of carbonyl (C=O) groups excluding carboxylic acids is 1. The largest absolute Gasteiger partial charge is 0.493 e. The van der Waals surface area contributed by atoms with Crippen molar-refractivity contribution in [1.29, 1.82) is 0 Å². The number of aromatic nitrogens is 2. The second-order valence-corrected chi connectivity index (χ2v) is 9.50.